The number of ether oxygens (including phenoxy) is 1. The molecule has 5 aliphatic heterocycles. The van der Waals surface area contributed by atoms with Crippen LogP contribution in [0.4, 0.5) is 26.0 Å². The van der Waals surface area contributed by atoms with Crippen molar-refractivity contribution in [2.75, 3.05) is 43.1 Å². The molecule has 0 aliphatic carbocycles. The zero-order chi connectivity index (χ0) is 41.4. The lowest BCUT2D eigenvalue weighted by atomic mass is 9.91. The van der Waals surface area contributed by atoms with Crippen molar-refractivity contribution >= 4 is 46.5 Å². The number of methoxy groups -OCH3 is 1. The molecule has 2 fully saturated rings. The quantitative estimate of drug-likeness (QED) is 0.204. The van der Waals surface area contributed by atoms with E-state index < -0.39 is 18.4 Å². The number of piperidine rings is 2. The molecule has 5 aromatic rings. The lowest BCUT2D eigenvalue weighted by Crippen LogP contribution is -2.52. The number of imide groups is 1. The van der Waals surface area contributed by atoms with Crippen LogP contribution in [0.2, 0.25) is 0 Å². The molecule has 10 rings (SSSR count). The largest absolute Gasteiger partial charge is 0.495 e. The zero-order valence-corrected chi connectivity index (χ0v) is 33.5. The number of amides is 4. The Morgan fingerprint density at radius 3 is 2.52 bits per heavy atom. The highest BCUT2D eigenvalue weighted by atomic mass is 19.3. The molecule has 310 valence electrons. The number of carbonyl (C=O) groups excluding carboxylic acids is 4. The molecule has 2 saturated heterocycles. The number of alkyl halides is 2. The number of hydrogen-bond donors (Lipinski definition) is 1. The zero-order valence-electron chi connectivity index (χ0n) is 33.5. The Morgan fingerprint density at radius 2 is 1.75 bits per heavy atom. The van der Waals surface area contributed by atoms with Crippen LogP contribution < -0.4 is 19.9 Å². The highest BCUT2D eigenvalue weighted by molar-refractivity contribution is 6.05. The number of pyridine rings is 1. The third kappa shape index (κ3) is 6.34. The second-order valence-corrected chi connectivity index (χ2v) is 16.4. The number of aromatic nitrogens is 4. The number of nitrogens with zero attached hydrogens (tertiary/aromatic N) is 8. The van der Waals surface area contributed by atoms with Crippen molar-refractivity contribution < 1.29 is 32.7 Å². The van der Waals surface area contributed by atoms with E-state index in [0.717, 1.165) is 60.4 Å². The molecule has 0 spiro atoms. The summed E-state index contributed by atoms with van der Waals surface area (Å²) in [5, 5.41) is 7.69. The maximum absolute atomic E-state index is 15.1. The summed E-state index contributed by atoms with van der Waals surface area (Å²) in [6.07, 6.45) is 6.69. The Balaban J connectivity index is 0.940. The van der Waals surface area contributed by atoms with Gasteiger partial charge in [-0.25, -0.2) is 13.8 Å². The first-order valence-electron chi connectivity index (χ1n) is 20.7. The van der Waals surface area contributed by atoms with E-state index in [-0.39, 0.29) is 35.7 Å². The highest BCUT2D eigenvalue weighted by Crippen LogP contribution is 2.46. The van der Waals surface area contributed by atoms with Gasteiger partial charge in [-0.1, -0.05) is 6.07 Å². The summed E-state index contributed by atoms with van der Waals surface area (Å²) >= 11 is 0. The van der Waals surface area contributed by atoms with Crippen molar-refractivity contribution in [2.45, 2.75) is 83.5 Å². The van der Waals surface area contributed by atoms with Gasteiger partial charge in [0, 0.05) is 104 Å². The van der Waals surface area contributed by atoms with Crippen LogP contribution >= 0.6 is 0 Å². The number of benzene rings is 2. The number of nitrogens with one attached hydrogen (secondary N) is 1. The van der Waals surface area contributed by atoms with E-state index >= 15 is 8.78 Å². The fourth-order valence-electron chi connectivity index (χ4n) is 9.92. The lowest BCUT2D eigenvalue weighted by Gasteiger charge is -2.35. The third-order valence-corrected chi connectivity index (χ3v) is 13.1. The number of aryl methyl sites for hydroxylation is 1. The number of hydrogen-bond acceptors (Lipinski definition) is 9. The summed E-state index contributed by atoms with van der Waals surface area (Å²) in [6.45, 7) is 4.91. The average Bonchev–Trinajstić information content (AvgIpc) is 3.97. The third-order valence-electron chi connectivity index (χ3n) is 13.1. The standard InChI is InChI=1S/C44H45F2N9O5/c1-25(56)51-16-11-35-34(23-51)42(53-13-3-4-26-18-31(33(41(45)46)20-37(26)53)32-21-39-47-12-17-52(39)24-38(32)60-2)49-55(35)28-9-14-50(15-10-28)29-6-5-27-22-54(44(59)30(27)19-29)36-7-8-40(57)48-43(36)58/h5-6,12,17-21,24,28,36,41H,3-4,7-11,13-16,22-23H2,1-2H3,(H,48,57,58). The molecular formula is C44H45F2N9O5. The molecule has 1 unspecified atom stereocenters. The summed E-state index contributed by atoms with van der Waals surface area (Å²) in [6, 6.07) is 10.6. The van der Waals surface area contributed by atoms with Gasteiger partial charge in [0.05, 0.1) is 25.9 Å². The second kappa shape index (κ2) is 14.7. The molecule has 5 aliphatic rings. The van der Waals surface area contributed by atoms with Gasteiger partial charge in [-0.3, -0.25) is 29.2 Å². The number of fused-ring (bicyclic) bond motifs is 4. The normalized spacial score (nSPS) is 19.6. The summed E-state index contributed by atoms with van der Waals surface area (Å²) in [4.78, 5) is 62.7. The smallest absolute Gasteiger partial charge is 0.264 e. The van der Waals surface area contributed by atoms with Crippen LogP contribution in [0.5, 0.6) is 5.75 Å². The molecule has 16 heteroatoms. The Bertz CT molecular complexity index is 2600. The Kier molecular flexibility index (Phi) is 9.32. The van der Waals surface area contributed by atoms with Crippen LogP contribution in [-0.2, 0) is 40.3 Å². The predicted molar refractivity (Wildman–Crippen MR) is 217 cm³/mol. The second-order valence-electron chi connectivity index (χ2n) is 16.4. The van der Waals surface area contributed by atoms with Crippen LogP contribution in [0.15, 0.2) is 55.0 Å². The van der Waals surface area contributed by atoms with Crippen molar-refractivity contribution in [3.05, 3.63) is 88.5 Å². The van der Waals surface area contributed by atoms with Gasteiger partial charge in [0.1, 0.15) is 17.4 Å². The summed E-state index contributed by atoms with van der Waals surface area (Å²) in [5.41, 5.74) is 7.56. The van der Waals surface area contributed by atoms with Crippen LogP contribution in [0.25, 0.3) is 16.8 Å². The van der Waals surface area contributed by atoms with E-state index in [2.05, 4.69) is 24.8 Å². The fourth-order valence-corrected chi connectivity index (χ4v) is 9.92. The van der Waals surface area contributed by atoms with E-state index in [1.807, 2.05) is 29.2 Å². The Morgan fingerprint density at radius 1 is 0.917 bits per heavy atom. The average molecular weight is 818 g/mol. The Labute approximate surface area is 344 Å². The van der Waals surface area contributed by atoms with Gasteiger partial charge in [0.15, 0.2) is 5.82 Å². The minimum Gasteiger partial charge on any atom is -0.495 e. The van der Waals surface area contributed by atoms with Gasteiger partial charge in [0.2, 0.25) is 17.7 Å². The predicted octanol–water partition coefficient (Wildman–Crippen LogP) is 5.74. The first-order valence-corrected chi connectivity index (χ1v) is 20.7. The molecule has 60 heavy (non-hydrogen) atoms. The van der Waals surface area contributed by atoms with E-state index in [9.17, 15) is 19.2 Å². The summed E-state index contributed by atoms with van der Waals surface area (Å²) in [5.74, 6) is 0.227. The summed E-state index contributed by atoms with van der Waals surface area (Å²) < 4.78 is 39.9. The van der Waals surface area contributed by atoms with Crippen LogP contribution in [0.3, 0.4) is 0 Å². The molecule has 0 saturated carbocycles. The van der Waals surface area contributed by atoms with Crippen LogP contribution in [0.1, 0.15) is 89.8 Å². The number of rotatable bonds is 7. The molecular weight excluding hydrogens is 773 g/mol. The minimum atomic E-state index is -2.76. The van der Waals surface area contributed by atoms with Gasteiger partial charge >= 0.3 is 0 Å². The minimum absolute atomic E-state index is 0.0206. The van der Waals surface area contributed by atoms with Gasteiger partial charge in [-0.05, 0) is 79.1 Å². The van der Waals surface area contributed by atoms with Gasteiger partial charge in [-0.2, -0.15) is 5.10 Å². The van der Waals surface area contributed by atoms with Gasteiger partial charge < -0.3 is 28.7 Å². The molecule has 3 aromatic heterocycles. The number of anilines is 3. The molecule has 4 amide bonds. The SMILES string of the molecule is COc1cn2ccnc2cc1-c1cc2c(cc1C(F)F)N(c1nn(C3CCN(c4ccc5c(c4)C(=O)N(C4CCC(=O)NC4=O)C5)CC3)c3c1CN(C(C)=O)CC3)CCC2. The van der Waals surface area contributed by atoms with Crippen LogP contribution in [0, 0.1) is 0 Å². The molecule has 1 N–H and O–H groups in total. The van der Waals surface area contributed by atoms with Crippen molar-refractivity contribution in [3.8, 4) is 16.9 Å². The van der Waals surface area contributed by atoms with Crippen molar-refractivity contribution in [1.82, 2.24) is 34.3 Å². The van der Waals surface area contributed by atoms with E-state index in [1.54, 1.807) is 46.9 Å². The van der Waals surface area contributed by atoms with Gasteiger partial charge in [0.25, 0.3) is 12.3 Å². The topological polar surface area (TPSA) is 138 Å². The number of imidazole rings is 1. The van der Waals surface area contributed by atoms with Crippen molar-refractivity contribution in [1.29, 1.82) is 0 Å². The maximum atomic E-state index is 15.1. The maximum Gasteiger partial charge on any atom is 0.264 e. The molecule has 14 nitrogen and oxygen atoms in total. The van der Waals surface area contributed by atoms with E-state index in [0.29, 0.717) is 85.0 Å². The van der Waals surface area contributed by atoms with E-state index in [1.165, 1.54) is 7.11 Å². The van der Waals surface area contributed by atoms with Crippen molar-refractivity contribution in [2.24, 2.45) is 0 Å². The molecule has 0 radical (unpaired) electrons. The first-order chi connectivity index (χ1) is 29.1. The Hall–Kier alpha value is -6.32. The highest BCUT2D eigenvalue weighted by Gasteiger charge is 2.40. The lowest BCUT2D eigenvalue weighted by molar-refractivity contribution is -0.137. The molecule has 1 atom stereocenters. The monoisotopic (exact) mass is 817 g/mol. The van der Waals surface area contributed by atoms with Crippen molar-refractivity contribution in [3.63, 3.8) is 0 Å². The number of carbonyl (C=O) groups is 4. The van der Waals surface area contributed by atoms with Crippen LogP contribution in [-0.4, -0.2) is 91.9 Å². The fraction of sp³-hybridized carbons (Fsp3) is 0.409. The molecule has 8 heterocycles. The molecule has 2 aromatic carbocycles. The van der Waals surface area contributed by atoms with Gasteiger partial charge in [-0.15, -0.1) is 0 Å². The summed E-state index contributed by atoms with van der Waals surface area (Å²) in [7, 11) is 1.53. The molecule has 0 bridgehead atoms. The first kappa shape index (κ1) is 37.9. The number of halogens is 2. The van der Waals surface area contributed by atoms with E-state index in [4.69, 9.17) is 9.84 Å².